The van der Waals surface area contributed by atoms with Gasteiger partial charge in [0.2, 0.25) is 6.39 Å². The van der Waals surface area contributed by atoms with Crippen molar-refractivity contribution >= 4 is 21.6 Å². The van der Waals surface area contributed by atoms with Crippen LogP contribution in [-0.2, 0) is 17.8 Å². The zero-order valence-electron chi connectivity index (χ0n) is 10.2. The Balaban J connectivity index is 2.09. The molecule has 0 saturated carbocycles. The van der Waals surface area contributed by atoms with Crippen LogP contribution in [0.15, 0.2) is 26.4 Å². The third-order valence-electron chi connectivity index (χ3n) is 2.34. The van der Waals surface area contributed by atoms with E-state index in [2.05, 4.69) is 41.0 Å². The van der Waals surface area contributed by atoms with Crippen LogP contribution < -0.4 is 10.9 Å². The Morgan fingerprint density at radius 3 is 3.11 bits per heavy atom. The van der Waals surface area contributed by atoms with Crippen LogP contribution in [0, 0.1) is 0 Å². The molecule has 2 aromatic rings. The van der Waals surface area contributed by atoms with Crippen molar-refractivity contribution in [3.8, 4) is 0 Å². The van der Waals surface area contributed by atoms with Crippen LogP contribution >= 0.6 is 15.9 Å². The maximum absolute atomic E-state index is 12.0. The molecule has 0 aliphatic heterocycles. The first-order chi connectivity index (χ1) is 9.22. The summed E-state index contributed by atoms with van der Waals surface area (Å²) in [5.41, 5.74) is 0.346. The minimum Gasteiger partial charge on any atom is -0.383 e. The number of ether oxygens (including phenoxy) is 1. The van der Waals surface area contributed by atoms with Crippen molar-refractivity contribution in [1.29, 1.82) is 0 Å². The second kappa shape index (κ2) is 6.43. The average Bonchev–Trinajstić information content (AvgIpc) is 2.92. The lowest BCUT2D eigenvalue weighted by Crippen LogP contribution is -2.26. The first-order valence-corrected chi connectivity index (χ1v) is 6.25. The third kappa shape index (κ3) is 3.38. The molecule has 0 radical (unpaired) electrons. The van der Waals surface area contributed by atoms with Crippen LogP contribution in [0.25, 0.3) is 0 Å². The highest BCUT2D eigenvalue weighted by Gasteiger charge is 2.09. The average molecular weight is 330 g/mol. The van der Waals surface area contributed by atoms with E-state index in [0.29, 0.717) is 35.7 Å². The van der Waals surface area contributed by atoms with E-state index in [0.717, 1.165) is 0 Å². The monoisotopic (exact) mass is 329 g/mol. The van der Waals surface area contributed by atoms with Crippen molar-refractivity contribution in [2.45, 2.75) is 13.1 Å². The molecule has 2 rings (SSSR count). The van der Waals surface area contributed by atoms with Gasteiger partial charge in [-0.15, -0.1) is 0 Å². The number of halogens is 1. The van der Waals surface area contributed by atoms with E-state index in [9.17, 15) is 4.79 Å². The van der Waals surface area contributed by atoms with Gasteiger partial charge in [-0.2, -0.15) is 10.1 Å². The Morgan fingerprint density at radius 1 is 1.58 bits per heavy atom. The standard InChI is InChI=1S/C10H12BrN5O3/c1-18-3-2-16-10(17)9(11)7(4-14-16)12-5-8-13-6-19-15-8/h4,6,12H,2-3,5H2,1H3. The van der Waals surface area contributed by atoms with Gasteiger partial charge in [-0.25, -0.2) is 4.68 Å². The first kappa shape index (κ1) is 13.7. The van der Waals surface area contributed by atoms with Gasteiger partial charge in [0.25, 0.3) is 5.56 Å². The molecule has 8 nitrogen and oxygen atoms in total. The summed E-state index contributed by atoms with van der Waals surface area (Å²) in [5.74, 6) is 0.496. The van der Waals surface area contributed by atoms with E-state index in [4.69, 9.17) is 4.74 Å². The summed E-state index contributed by atoms with van der Waals surface area (Å²) in [5, 5.41) is 10.7. The number of aromatic nitrogens is 4. The highest BCUT2D eigenvalue weighted by Crippen LogP contribution is 2.16. The lowest BCUT2D eigenvalue weighted by atomic mass is 10.4. The van der Waals surface area contributed by atoms with Crippen LogP contribution in [0.3, 0.4) is 0 Å². The van der Waals surface area contributed by atoms with Gasteiger partial charge >= 0.3 is 0 Å². The van der Waals surface area contributed by atoms with Crippen molar-refractivity contribution in [2.75, 3.05) is 19.0 Å². The predicted molar refractivity (Wildman–Crippen MR) is 69.7 cm³/mol. The molecule has 0 aromatic carbocycles. The minimum absolute atomic E-state index is 0.227. The smallest absolute Gasteiger partial charge is 0.283 e. The Hall–Kier alpha value is -1.74. The topological polar surface area (TPSA) is 95.1 Å². The number of nitrogens with zero attached hydrogens (tertiary/aromatic N) is 4. The van der Waals surface area contributed by atoms with Crippen LogP contribution in [0.5, 0.6) is 0 Å². The van der Waals surface area contributed by atoms with E-state index >= 15 is 0 Å². The molecule has 0 unspecified atom stereocenters. The summed E-state index contributed by atoms with van der Waals surface area (Å²) in [4.78, 5) is 15.8. The third-order valence-corrected chi connectivity index (χ3v) is 3.10. The number of methoxy groups -OCH3 is 1. The highest BCUT2D eigenvalue weighted by atomic mass is 79.9. The van der Waals surface area contributed by atoms with Gasteiger partial charge in [0.15, 0.2) is 5.82 Å². The van der Waals surface area contributed by atoms with Crippen LogP contribution in [-0.4, -0.2) is 33.6 Å². The van der Waals surface area contributed by atoms with E-state index in [1.807, 2.05) is 0 Å². The van der Waals surface area contributed by atoms with Gasteiger partial charge in [-0.3, -0.25) is 4.79 Å². The molecule has 0 aliphatic carbocycles. The maximum atomic E-state index is 12.0. The van der Waals surface area contributed by atoms with Crippen LogP contribution in [0.4, 0.5) is 5.69 Å². The molecular formula is C10H12BrN5O3. The van der Waals surface area contributed by atoms with Gasteiger partial charge in [0, 0.05) is 7.11 Å². The SMILES string of the molecule is COCCn1ncc(NCc2ncon2)c(Br)c1=O. The Morgan fingerprint density at radius 2 is 2.42 bits per heavy atom. The molecular weight excluding hydrogens is 318 g/mol. The largest absolute Gasteiger partial charge is 0.383 e. The number of anilines is 1. The van der Waals surface area contributed by atoms with Gasteiger partial charge in [0.05, 0.1) is 31.6 Å². The van der Waals surface area contributed by atoms with Crippen molar-refractivity contribution in [1.82, 2.24) is 19.9 Å². The zero-order valence-corrected chi connectivity index (χ0v) is 11.8. The molecule has 0 aliphatic rings. The van der Waals surface area contributed by atoms with Crippen molar-refractivity contribution in [3.63, 3.8) is 0 Å². The molecule has 9 heteroatoms. The predicted octanol–water partition coefficient (Wildman–Crippen LogP) is 0.647. The molecule has 2 heterocycles. The normalized spacial score (nSPS) is 10.6. The lowest BCUT2D eigenvalue weighted by molar-refractivity contribution is 0.181. The highest BCUT2D eigenvalue weighted by molar-refractivity contribution is 9.10. The molecule has 0 bridgehead atoms. The molecule has 19 heavy (non-hydrogen) atoms. The Kier molecular flexibility index (Phi) is 4.63. The van der Waals surface area contributed by atoms with E-state index < -0.39 is 0 Å². The molecule has 1 N–H and O–H groups in total. The Bertz CT molecular complexity index is 583. The lowest BCUT2D eigenvalue weighted by Gasteiger charge is -2.08. The maximum Gasteiger partial charge on any atom is 0.283 e. The molecule has 0 spiro atoms. The van der Waals surface area contributed by atoms with Gasteiger partial charge < -0.3 is 14.6 Å². The summed E-state index contributed by atoms with van der Waals surface area (Å²) in [6.07, 6.45) is 2.80. The molecule has 0 saturated heterocycles. The van der Waals surface area contributed by atoms with Crippen molar-refractivity contribution < 1.29 is 9.26 Å². The molecule has 0 fully saturated rings. The fourth-order valence-corrected chi connectivity index (χ4v) is 1.82. The number of rotatable bonds is 6. The first-order valence-electron chi connectivity index (χ1n) is 5.46. The summed E-state index contributed by atoms with van der Waals surface area (Å²) < 4.78 is 11.3. The van der Waals surface area contributed by atoms with Crippen molar-refractivity contribution in [3.05, 3.63) is 33.2 Å². The van der Waals surface area contributed by atoms with Crippen molar-refractivity contribution in [2.24, 2.45) is 0 Å². The van der Waals surface area contributed by atoms with Gasteiger partial charge in [0.1, 0.15) is 4.47 Å². The summed E-state index contributed by atoms with van der Waals surface area (Å²) in [6.45, 7) is 1.17. The van der Waals surface area contributed by atoms with Crippen LogP contribution in [0.2, 0.25) is 0 Å². The second-order valence-corrected chi connectivity index (χ2v) is 4.39. The molecule has 2 aromatic heterocycles. The van der Waals surface area contributed by atoms with Gasteiger partial charge in [-0.1, -0.05) is 5.16 Å². The van der Waals surface area contributed by atoms with Crippen LogP contribution in [0.1, 0.15) is 5.82 Å². The summed E-state index contributed by atoms with van der Waals surface area (Å²) in [7, 11) is 1.57. The number of nitrogens with one attached hydrogen (secondary N) is 1. The van der Waals surface area contributed by atoms with E-state index in [1.54, 1.807) is 13.3 Å². The summed E-state index contributed by atoms with van der Waals surface area (Å²) in [6, 6.07) is 0. The molecule has 0 amide bonds. The zero-order chi connectivity index (χ0) is 13.7. The van der Waals surface area contributed by atoms with E-state index in [-0.39, 0.29) is 5.56 Å². The fraction of sp³-hybridized carbons (Fsp3) is 0.400. The molecule has 0 atom stereocenters. The minimum atomic E-state index is -0.227. The molecule has 102 valence electrons. The quantitative estimate of drug-likeness (QED) is 0.831. The number of hydrogen-bond donors (Lipinski definition) is 1. The second-order valence-electron chi connectivity index (χ2n) is 3.59. The van der Waals surface area contributed by atoms with Gasteiger partial charge in [-0.05, 0) is 15.9 Å². The van der Waals surface area contributed by atoms with E-state index in [1.165, 1.54) is 11.1 Å². The summed E-state index contributed by atoms with van der Waals surface area (Å²) >= 11 is 3.25. The fourth-order valence-electron chi connectivity index (χ4n) is 1.37. The Labute approximate surface area is 116 Å². The number of hydrogen-bond acceptors (Lipinski definition) is 7.